The summed E-state index contributed by atoms with van der Waals surface area (Å²) in [5, 5.41) is 10.4. The highest BCUT2D eigenvalue weighted by Gasteiger charge is 2.35. The highest BCUT2D eigenvalue weighted by atomic mass is 19.1. The van der Waals surface area contributed by atoms with Crippen molar-refractivity contribution >= 4 is 17.3 Å². The molecule has 1 aliphatic rings. The summed E-state index contributed by atoms with van der Waals surface area (Å²) in [6.07, 6.45) is 0. The molecule has 1 fully saturated rings. The Bertz CT molecular complexity index is 477. The largest absolute Gasteiger partial charge is 0.318 e. The van der Waals surface area contributed by atoms with E-state index >= 15 is 0 Å². The highest BCUT2D eigenvalue weighted by Crippen LogP contribution is 2.26. The second kappa shape index (κ2) is 3.53. The summed E-state index contributed by atoms with van der Waals surface area (Å²) in [6.45, 7) is 0.302. The number of hydrogen-bond acceptors (Lipinski definition) is 4. The number of halogens is 1. The minimum absolute atomic E-state index is 0.287. The van der Waals surface area contributed by atoms with Crippen LogP contribution in [-0.2, 0) is 4.79 Å². The summed E-state index contributed by atoms with van der Waals surface area (Å²) in [7, 11) is 0. The van der Waals surface area contributed by atoms with Crippen LogP contribution < -0.4 is 10.6 Å². The summed E-state index contributed by atoms with van der Waals surface area (Å²) >= 11 is 0. The van der Waals surface area contributed by atoms with Crippen LogP contribution in [0.15, 0.2) is 18.2 Å². The lowest BCUT2D eigenvalue weighted by atomic mass is 10.1. The standard InChI is InChI=1S/C9H8FN3O3/c10-6-3-5(1-2-8(6)13(15)16)12-4-7(11)9(12)14/h1-3,7H,4,11H2. The number of nitrogens with zero attached hydrogens (tertiary/aromatic N) is 2. The number of nitro groups is 1. The van der Waals surface area contributed by atoms with Crippen molar-refractivity contribution < 1.29 is 14.1 Å². The van der Waals surface area contributed by atoms with Gasteiger partial charge in [-0.15, -0.1) is 0 Å². The van der Waals surface area contributed by atoms with Crippen LogP contribution >= 0.6 is 0 Å². The van der Waals surface area contributed by atoms with Gasteiger partial charge in [0.15, 0.2) is 0 Å². The van der Waals surface area contributed by atoms with Gasteiger partial charge in [-0.2, -0.15) is 4.39 Å². The van der Waals surface area contributed by atoms with Crippen molar-refractivity contribution in [3.8, 4) is 0 Å². The number of β-lactam (4-membered cyclic amide) rings is 1. The number of carbonyl (C=O) groups excluding carboxylic acids is 1. The number of benzene rings is 1. The molecule has 2 rings (SSSR count). The van der Waals surface area contributed by atoms with E-state index in [1.807, 2.05) is 0 Å². The van der Waals surface area contributed by atoms with Crippen molar-refractivity contribution in [3.05, 3.63) is 34.1 Å². The maximum Gasteiger partial charge on any atom is 0.304 e. The predicted molar refractivity (Wildman–Crippen MR) is 53.4 cm³/mol. The van der Waals surface area contributed by atoms with Crippen LogP contribution in [0.25, 0.3) is 0 Å². The zero-order valence-corrected chi connectivity index (χ0v) is 8.09. The van der Waals surface area contributed by atoms with Gasteiger partial charge in [-0.25, -0.2) is 0 Å². The van der Waals surface area contributed by atoms with Crippen LogP contribution in [0.5, 0.6) is 0 Å². The molecule has 0 radical (unpaired) electrons. The van der Waals surface area contributed by atoms with Crippen LogP contribution in [0.3, 0.4) is 0 Å². The van der Waals surface area contributed by atoms with Crippen LogP contribution in [0.1, 0.15) is 0 Å². The molecule has 1 atom stereocenters. The summed E-state index contributed by atoms with van der Waals surface area (Å²) in [6, 6.07) is 2.76. The Morgan fingerprint density at radius 3 is 2.69 bits per heavy atom. The first-order valence-corrected chi connectivity index (χ1v) is 4.51. The molecule has 84 valence electrons. The SMILES string of the molecule is NC1CN(c2ccc([N+](=O)[O-])c(F)c2)C1=O. The lowest BCUT2D eigenvalue weighted by Crippen LogP contribution is -2.61. The lowest BCUT2D eigenvalue weighted by Gasteiger charge is -2.35. The van der Waals surface area contributed by atoms with Crippen LogP contribution in [0.2, 0.25) is 0 Å². The van der Waals surface area contributed by atoms with E-state index in [0.29, 0.717) is 6.54 Å². The number of carbonyl (C=O) groups is 1. The second-order valence-electron chi connectivity index (χ2n) is 3.45. The molecular formula is C9H8FN3O3. The fourth-order valence-electron chi connectivity index (χ4n) is 1.50. The molecule has 2 N–H and O–H groups in total. The van der Waals surface area contributed by atoms with E-state index in [1.54, 1.807) is 0 Å². The first-order chi connectivity index (χ1) is 7.50. The van der Waals surface area contributed by atoms with Crippen molar-refractivity contribution in [1.82, 2.24) is 0 Å². The fourth-order valence-corrected chi connectivity index (χ4v) is 1.50. The third-order valence-electron chi connectivity index (χ3n) is 2.40. The van der Waals surface area contributed by atoms with Crippen LogP contribution in [-0.4, -0.2) is 23.4 Å². The molecule has 7 heteroatoms. The minimum Gasteiger partial charge on any atom is -0.318 e. The van der Waals surface area contributed by atoms with E-state index in [0.717, 1.165) is 12.1 Å². The van der Waals surface area contributed by atoms with Crippen molar-refractivity contribution in [2.75, 3.05) is 11.4 Å². The molecule has 0 bridgehead atoms. The smallest absolute Gasteiger partial charge is 0.304 e. The number of nitro benzene ring substituents is 1. The predicted octanol–water partition coefficient (Wildman–Crippen LogP) is 0.408. The van der Waals surface area contributed by atoms with Gasteiger partial charge in [0, 0.05) is 17.8 Å². The van der Waals surface area contributed by atoms with Gasteiger partial charge >= 0.3 is 5.69 Å². The molecule has 1 aromatic rings. The monoisotopic (exact) mass is 225 g/mol. The van der Waals surface area contributed by atoms with E-state index in [-0.39, 0.29) is 11.6 Å². The van der Waals surface area contributed by atoms with Crippen molar-refractivity contribution in [2.24, 2.45) is 5.73 Å². The lowest BCUT2D eigenvalue weighted by molar-refractivity contribution is -0.387. The maximum atomic E-state index is 13.2. The fraction of sp³-hybridized carbons (Fsp3) is 0.222. The molecule has 6 nitrogen and oxygen atoms in total. The molecule has 16 heavy (non-hydrogen) atoms. The Balaban J connectivity index is 2.29. The molecular weight excluding hydrogens is 217 g/mol. The van der Waals surface area contributed by atoms with E-state index < -0.39 is 22.5 Å². The first-order valence-electron chi connectivity index (χ1n) is 4.51. The van der Waals surface area contributed by atoms with E-state index in [9.17, 15) is 19.3 Å². The van der Waals surface area contributed by atoms with Gasteiger partial charge in [0.05, 0.1) is 11.5 Å². The average Bonchev–Trinajstić information content (AvgIpc) is 2.24. The number of nitrogens with two attached hydrogens (primary N) is 1. The summed E-state index contributed by atoms with van der Waals surface area (Å²) in [5.41, 5.74) is 5.05. The Hall–Kier alpha value is -2.02. The minimum atomic E-state index is -0.962. The average molecular weight is 225 g/mol. The normalized spacial score (nSPS) is 19.5. The van der Waals surface area contributed by atoms with Crippen molar-refractivity contribution in [3.63, 3.8) is 0 Å². The number of hydrogen-bond donors (Lipinski definition) is 1. The molecule has 1 unspecified atom stereocenters. The van der Waals surface area contributed by atoms with Crippen LogP contribution in [0, 0.1) is 15.9 Å². The highest BCUT2D eigenvalue weighted by molar-refractivity contribution is 6.03. The molecule has 1 heterocycles. The summed E-state index contributed by atoms with van der Waals surface area (Å²) in [4.78, 5) is 22.1. The third kappa shape index (κ3) is 1.50. The molecule has 1 amide bonds. The molecule has 0 aromatic heterocycles. The maximum absolute atomic E-state index is 13.2. The zero-order valence-electron chi connectivity index (χ0n) is 8.09. The van der Waals surface area contributed by atoms with Gasteiger partial charge in [-0.3, -0.25) is 14.9 Å². The number of rotatable bonds is 2. The molecule has 1 aliphatic heterocycles. The molecule has 0 aliphatic carbocycles. The number of amides is 1. The second-order valence-corrected chi connectivity index (χ2v) is 3.45. The summed E-state index contributed by atoms with van der Waals surface area (Å²) in [5.74, 6) is -1.27. The van der Waals surface area contributed by atoms with Gasteiger partial charge in [-0.1, -0.05) is 0 Å². The van der Waals surface area contributed by atoms with Crippen molar-refractivity contribution in [2.45, 2.75) is 6.04 Å². The van der Waals surface area contributed by atoms with E-state index in [2.05, 4.69) is 0 Å². The van der Waals surface area contributed by atoms with Crippen molar-refractivity contribution in [1.29, 1.82) is 0 Å². The Morgan fingerprint density at radius 1 is 1.56 bits per heavy atom. The molecule has 0 saturated carbocycles. The quantitative estimate of drug-likeness (QED) is 0.448. The van der Waals surface area contributed by atoms with Gasteiger partial charge in [0.25, 0.3) is 0 Å². The summed E-state index contributed by atoms with van der Waals surface area (Å²) < 4.78 is 13.2. The zero-order chi connectivity index (χ0) is 11.9. The van der Waals surface area contributed by atoms with E-state index in [4.69, 9.17) is 5.73 Å². The topological polar surface area (TPSA) is 89.5 Å². The Kier molecular flexibility index (Phi) is 2.31. The molecule has 1 saturated heterocycles. The van der Waals surface area contributed by atoms with Crippen LogP contribution in [0.4, 0.5) is 15.8 Å². The van der Waals surface area contributed by atoms with Gasteiger partial charge in [0.1, 0.15) is 6.04 Å². The Morgan fingerprint density at radius 2 is 2.25 bits per heavy atom. The van der Waals surface area contributed by atoms with E-state index in [1.165, 1.54) is 11.0 Å². The number of anilines is 1. The Labute approximate surface area is 89.6 Å². The first kappa shape index (κ1) is 10.5. The third-order valence-corrected chi connectivity index (χ3v) is 2.40. The van der Waals surface area contributed by atoms with Gasteiger partial charge in [0.2, 0.25) is 11.7 Å². The van der Waals surface area contributed by atoms with Gasteiger partial charge < -0.3 is 10.6 Å². The van der Waals surface area contributed by atoms with Gasteiger partial charge in [-0.05, 0) is 6.07 Å². The molecule has 1 aromatic carbocycles. The molecule has 0 spiro atoms.